The lowest BCUT2D eigenvalue weighted by Gasteiger charge is -2.13. The second-order valence-electron chi connectivity index (χ2n) is 5.58. The van der Waals surface area contributed by atoms with Gasteiger partial charge in [-0.25, -0.2) is 8.42 Å². The van der Waals surface area contributed by atoms with E-state index in [0.717, 1.165) is 16.8 Å². The molecule has 2 aromatic carbocycles. The summed E-state index contributed by atoms with van der Waals surface area (Å²) in [6.07, 6.45) is 1.32. The van der Waals surface area contributed by atoms with Gasteiger partial charge in [0.05, 0.1) is 10.6 Å². The third-order valence-corrected chi connectivity index (χ3v) is 4.75. The number of sulfone groups is 1. The van der Waals surface area contributed by atoms with Gasteiger partial charge in [0.25, 0.3) is 0 Å². The van der Waals surface area contributed by atoms with Crippen molar-refractivity contribution in [3.63, 3.8) is 0 Å². The topological polar surface area (TPSA) is 55.7 Å². The molecule has 0 heterocycles. The number of benzene rings is 2. The summed E-state index contributed by atoms with van der Waals surface area (Å²) in [5.41, 5.74) is 2.48. The third kappa shape index (κ3) is 4.80. The molecule has 5 heteroatoms. The van der Waals surface area contributed by atoms with E-state index in [9.17, 15) is 8.42 Å². The van der Waals surface area contributed by atoms with Gasteiger partial charge >= 0.3 is 0 Å². The zero-order valence-electron chi connectivity index (χ0n) is 14.0. The van der Waals surface area contributed by atoms with Crippen molar-refractivity contribution in [2.24, 2.45) is 5.16 Å². The molecule has 0 bridgehead atoms. The molecule has 24 heavy (non-hydrogen) atoms. The fourth-order valence-electron chi connectivity index (χ4n) is 2.13. The number of nitrogens with zero attached hydrogens (tertiary/aromatic N) is 1. The average Bonchev–Trinajstić information content (AvgIpc) is 2.59. The van der Waals surface area contributed by atoms with Crippen LogP contribution in [0.3, 0.4) is 0 Å². The molecule has 0 radical (unpaired) electrons. The van der Waals surface area contributed by atoms with Crippen molar-refractivity contribution in [3.05, 3.63) is 71.1 Å². The Kier molecular flexibility index (Phi) is 5.93. The van der Waals surface area contributed by atoms with Gasteiger partial charge in [0, 0.05) is 11.0 Å². The molecule has 0 aliphatic carbocycles. The van der Waals surface area contributed by atoms with Gasteiger partial charge in [-0.05, 0) is 44.5 Å². The van der Waals surface area contributed by atoms with E-state index in [4.69, 9.17) is 4.84 Å². The largest absolute Gasteiger partial charge is 0.388 e. The van der Waals surface area contributed by atoms with Crippen LogP contribution in [-0.2, 0) is 14.7 Å². The van der Waals surface area contributed by atoms with E-state index >= 15 is 0 Å². The Morgan fingerprint density at radius 3 is 2.33 bits per heavy atom. The third-order valence-electron chi connectivity index (χ3n) is 3.33. The number of hydrogen-bond acceptors (Lipinski definition) is 4. The number of rotatable bonds is 6. The molecular formula is C19H21NO3S. The van der Waals surface area contributed by atoms with Crippen LogP contribution in [0.2, 0.25) is 0 Å². The van der Waals surface area contributed by atoms with Crippen LogP contribution < -0.4 is 0 Å². The summed E-state index contributed by atoms with van der Waals surface area (Å²) < 4.78 is 24.7. The van der Waals surface area contributed by atoms with Crippen LogP contribution in [0, 0.1) is 0 Å². The van der Waals surface area contributed by atoms with Crippen molar-refractivity contribution in [3.8, 4) is 0 Å². The quantitative estimate of drug-likeness (QED) is 0.569. The molecule has 4 nitrogen and oxygen atoms in total. The van der Waals surface area contributed by atoms with Crippen LogP contribution in [0.15, 0.2) is 70.1 Å². The molecule has 0 saturated heterocycles. The van der Waals surface area contributed by atoms with E-state index < -0.39 is 9.84 Å². The minimum atomic E-state index is -3.48. The molecule has 126 valence electrons. The van der Waals surface area contributed by atoms with Gasteiger partial charge in [-0.15, -0.1) is 0 Å². The van der Waals surface area contributed by atoms with Gasteiger partial charge in [0.15, 0.2) is 9.84 Å². The predicted molar refractivity (Wildman–Crippen MR) is 97.4 cm³/mol. The van der Waals surface area contributed by atoms with Crippen molar-refractivity contribution in [2.75, 3.05) is 0 Å². The van der Waals surface area contributed by atoms with E-state index in [1.54, 1.807) is 36.4 Å². The van der Waals surface area contributed by atoms with Gasteiger partial charge in [-0.3, -0.25) is 0 Å². The van der Waals surface area contributed by atoms with Gasteiger partial charge in [0.2, 0.25) is 0 Å². The highest BCUT2D eigenvalue weighted by atomic mass is 32.2. The maximum atomic E-state index is 12.4. The van der Waals surface area contributed by atoms with E-state index in [0.29, 0.717) is 0 Å². The lowest BCUT2D eigenvalue weighted by molar-refractivity contribution is 0.0719. The number of oxime groups is 1. The molecule has 0 fully saturated rings. The highest BCUT2D eigenvalue weighted by molar-refractivity contribution is 7.94. The molecular weight excluding hydrogens is 322 g/mol. The predicted octanol–water partition coefficient (Wildman–Crippen LogP) is 4.60. The summed E-state index contributed by atoms with van der Waals surface area (Å²) in [4.78, 5) is 5.72. The SMILES string of the molecule is CC(C)=NOC(C)c1ccccc1/C=C/S(=O)(=O)c1ccccc1. The molecule has 0 spiro atoms. The monoisotopic (exact) mass is 343 g/mol. The Balaban J connectivity index is 2.29. The first kappa shape index (κ1) is 17.9. The van der Waals surface area contributed by atoms with E-state index in [1.807, 2.05) is 45.0 Å². The maximum Gasteiger partial charge on any atom is 0.199 e. The molecule has 2 rings (SSSR count). The molecule has 2 aromatic rings. The average molecular weight is 343 g/mol. The Labute approximate surface area is 143 Å². The summed E-state index contributed by atoms with van der Waals surface area (Å²) >= 11 is 0. The maximum absolute atomic E-state index is 12.4. The molecule has 1 unspecified atom stereocenters. The fraction of sp³-hybridized carbons (Fsp3) is 0.211. The van der Waals surface area contributed by atoms with Crippen LogP contribution in [0.1, 0.15) is 38.0 Å². The summed E-state index contributed by atoms with van der Waals surface area (Å²) in [5, 5.41) is 5.20. The molecule has 0 N–H and O–H groups in total. The minimum Gasteiger partial charge on any atom is -0.388 e. The second kappa shape index (κ2) is 7.93. The minimum absolute atomic E-state index is 0.272. The highest BCUT2D eigenvalue weighted by Crippen LogP contribution is 2.23. The van der Waals surface area contributed by atoms with Crippen molar-refractivity contribution in [2.45, 2.75) is 31.8 Å². The molecule has 0 aliphatic heterocycles. The molecule has 0 amide bonds. The highest BCUT2D eigenvalue weighted by Gasteiger charge is 2.12. The zero-order valence-corrected chi connectivity index (χ0v) is 14.8. The summed E-state index contributed by atoms with van der Waals surface area (Å²) in [6, 6.07) is 15.9. The number of hydrogen-bond donors (Lipinski definition) is 0. The van der Waals surface area contributed by atoms with E-state index in [-0.39, 0.29) is 11.0 Å². The van der Waals surface area contributed by atoms with Gasteiger partial charge in [0.1, 0.15) is 6.10 Å². The zero-order chi connectivity index (χ0) is 17.6. The van der Waals surface area contributed by atoms with Gasteiger partial charge < -0.3 is 4.84 Å². The van der Waals surface area contributed by atoms with E-state index in [1.165, 1.54) is 5.41 Å². The van der Waals surface area contributed by atoms with Crippen LogP contribution in [0.5, 0.6) is 0 Å². The first-order valence-corrected chi connectivity index (χ1v) is 9.19. The van der Waals surface area contributed by atoms with Crippen LogP contribution >= 0.6 is 0 Å². The molecule has 0 aromatic heterocycles. The normalized spacial score (nSPS) is 12.8. The standard InChI is InChI=1S/C19H21NO3S/c1-15(2)20-23-16(3)19-12-8-7-9-17(19)13-14-24(21,22)18-10-5-4-6-11-18/h4-14,16H,1-3H3/b14-13+. The molecule has 0 aliphatic rings. The lowest BCUT2D eigenvalue weighted by Crippen LogP contribution is -2.00. The van der Waals surface area contributed by atoms with Gasteiger partial charge in [-0.1, -0.05) is 47.6 Å². The lowest BCUT2D eigenvalue weighted by atomic mass is 10.0. The Morgan fingerprint density at radius 2 is 1.67 bits per heavy atom. The van der Waals surface area contributed by atoms with E-state index in [2.05, 4.69) is 5.16 Å². The molecule has 1 atom stereocenters. The Morgan fingerprint density at radius 1 is 1.04 bits per heavy atom. The smallest absolute Gasteiger partial charge is 0.199 e. The summed E-state index contributed by atoms with van der Waals surface area (Å²) in [7, 11) is -3.48. The van der Waals surface area contributed by atoms with Crippen molar-refractivity contribution >= 4 is 21.6 Å². The Bertz CT molecular complexity index is 836. The molecule has 0 saturated carbocycles. The van der Waals surface area contributed by atoms with Crippen LogP contribution in [0.4, 0.5) is 0 Å². The van der Waals surface area contributed by atoms with Crippen molar-refractivity contribution < 1.29 is 13.3 Å². The van der Waals surface area contributed by atoms with Gasteiger partial charge in [-0.2, -0.15) is 0 Å². The van der Waals surface area contributed by atoms with Crippen molar-refractivity contribution in [1.29, 1.82) is 0 Å². The first-order valence-electron chi connectivity index (χ1n) is 7.64. The Hall–Kier alpha value is -2.40. The fourth-order valence-corrected chi connectivity index (χ4v) is 3.15. The van der Waals surface area contributed by atoms with Crippen LogP contribution in [0.25, 0.3) is 6.08 Å². The van der Waals surface area contributed by atoms with Crippen molar-refractivity contribution in [1.82, 2.24) is 0 Å². The first-order chi connectivity index (χ1) is 11.4. The summed E-state index contributed by atoms with van der Waals surface area (Å²) in [6.45, 7) is 5.58. The van der Waals surface area contributed by atoms with Crippen LogP contribution in [-0.4, -0.2) is 14.1 Å². The second-order valence-corrected chi connectivity index (χ2v) is 7.41. The summed E-state index contributed by atoms with van der Waals surface area (Å²) in [5.74, 6) is 0.